The van der Waals surface area contributed by atoms with Gasteiger partial charge < -0.3 is 0 Å². The zero-order chi connectivity index (χ0) is 14.5. The summed E-state index contributed by atoms with van der Waals surface area (Å²) in [4.78, 5) is 24.4. The number of carbonyl (C=O) groups excluding carboxylic acids is 1. The minimum Gasteiger partial charge on any atom is -0.287 e. The molecular formula is C16H14ClNO2. The van der Waals surface area contributed by atoms with Gasteiger partial charge in [0.2, 0.25) is 5.78 Å². The molecule has 0 amide bonds. The van der Waals surface area contributed by atoms with Gasteiger partial charge in [0.05, 0.1) is 5.70 Å². The summed E-state index contributed by atoms with van der Waals surface area (Å²) in [7, 11) is 0. The van der Waals surface area contributed by atoms with E-state index in [0.29, 0.717) is 22.7 Å². The number of hydrogen-bond donors (Lipinski definition) is 0. The van der Waals surface area contributed by atoms with E-state index < -0.39 is 0 Å². The number of pyridine rings is 1. The lowest BCUT2D eigenvalue weighted by atomic mass is 10.1. The summed E-state index contributed by atoms with van der Waals surface area (Å²) in [6, 6.07) is 11.4. The zero-order valence-electron chi connectivity index (χ0n) is 11.0. The average Bonchev–Trinajstić information content (AvgIpc) is 2.46. The van der Waals surface area contributed by atoms with Gasteiger partial charge in [-0.15, -0.1) is 0 Å². The van der Waals surface area contributed by atoms with Crippen LogP contribution in [0.2, 0.25) is 5.02 Å². The summed E-state index contributed by atoms with van der Waals surface area (Å²) in [5.41, 5.74) is 0.639. The Morgan fingerprint density at radius 2 is 1.90 bits per heavy atom. The van der Waals surface area contributed by atoms with E-state index in [4.69, 9.17) is 11.6 Å². The first-order chi connectivity index (χ1) is 9.63. The molecule has 20 heavy (non-hydrogen) atoms. The average molecular weight is 288 g/mol. The van der Waals surface area contributed by atoms with Crippen molar-refractivity contribution in [3.8, 4) is 0 Å². The molecule has 0 spiro atoms. The molecule has 0 N–H and O–H groups in total. The first kappa shape index (κ1) is 14.3. The van der Waals surface area contributed by atoms with Crippen molar-refractivity contribution < 1.29 is 4.79 Å². The van der Waals surface area contributed by atoms with Gasteiger partial charge >= 0.3 is 0 Å². The van der Waals surface area contributed by atoms with E-state index >= 15 is 0 Å². The lowest BCUT2D eigenvalue weighted by Crippen LogP contribution is -2.21. The molecule has 0 atom stereocenters. The first-order valence-electron chi connectivity index (χ1n) is 6.32. The molecule has 2 aromatic rings. The molecule has 4 heteroatoms. The third-order valence-corrected chi connectivity index (χ3v) is 3.07. The van der Waals surface area contributed by atoms with Crippen LogP contribution < -0.4 is 5.56 Å². The Labute approximate surface area is 122 Å². The maximum atomic E-state index is 12.5. The number of allylic oxidation sites excluding steroid dienone is 2. The highest BCUT2D eigenvalue weighted by Gasteiger charge is 2.14. The van der Waals surface area contributed by atoms with Crippen LogP contribution in [0, 0.1) is 0 Å². The Morgan fingerprint density at radius 1 is 1.20 bits per heavy atom. The third kappa shape index (κ3) is 3.06. The largest absolute Gasteiger partial charge is 0.287 e. The monoisotopic (exact) mass is 287 g/mol. The normalized spacial score (nSPS) is 11.4. The van der Waals surface area contributed by atoms with Crippen molar-refractivity contribution >= 4 is 23.1 Å². The number of benzene rings is 1. The lowest BCUT2D eigenvalue weighted by molar-refractivity contribution is 0.105. The van der Waals surface area contributed by atoms with Gasteiger partial charge in [-0.05, 0) is 36.8 Å². The van der Waals surface area contributed by atoms with Crippen LogP contribution >= 0.6 is 11.6 Å². The molecule has 1 aromatic carbocycles. The van der Waals surface area contributed by atoms with Crippen LogP contribution in [-0.2, 0) is 0 Å². The van der Waals surface area contributed by atoms with Crippen LogP contribution in [0.3, 0.4) is 0 Å². The number of nitrogens with zero attached hydrogens (tertiary/aromatic N) is 1. The Hall–Kier alpha value is -2.13. The van der Waals surface area contributed by atoms with Crippen LogP contribution in [-0.4, -0.2) is 10.4 Å². The molecule has 0 aliphatic rings. The summed E-state index contributed by atoms with van der Waals surface area (Å²) >= 11 is 5.82. The summed E-state index contributed by atoms with van der Waals surface area (Å²) < 4.78 is 1.36. The number of rotatable bonds is 4. The molecule has 3 nitrogen and oxygen atoms in total. The van der Waals surface area contributed by atoms with E-state index in [1.54, 1.807) is 48.7 Å². The van der Waals surface area contributed by atoms with Gasteiger partial charge in [-0.2, -0.15) is 0 Å². The predicted octanol–water partition coefficient (Wildman–Crippen LogP) is 3.64. The number of ketones is 1. The number of halogens is 1. The number of carbonyl (C=O) groups is 1. The number of aromatic nitrogens is 1. The fourth-order valence-electron chi connectivity index (χ4n) is 1.87. The zero-order valence-corrected chi connectivity index (χ0v) is 11.8. The molecule has 102 valence electrons. The fourth-order valence-corrected chi connectivity index (χ4v) is 2.00. The van der Waals surface area contributed by atoms with Crippen molar-refractivity contribution in [3.05, 3.63) is 75.7 Å². The van der Waals surface area contributed by atoms with Crippen LogP contribution in [0.1, 0.15) is 23.7 Å². The topological polar surface area (TPSA) is 39.1 Å². The van der Waals surface area contributed by atoms with Crippen LogP contribution in [0.4, 0.5) is 0 Å². The van der Waals surface area contributed by atoms with Gasteiger partial charge in [0, 0.05) is 22.8 Å². The van der Waals surface area contributed by atoms with Crippen LogP contribution in [0.15, 0.2) is 59.5 Å². The molecule has 0 unspecified atom stereocenters. The SMILES string of the molecule is CC/C=C(/C(=O)c1ccc(Cl)cc1)n1ccccc1=O. The molecule has 2 rings (SSSR count). The standard InChI is InChI=1S/C16H14ClNO2/c1-2-5-14(18-11-4-3-6-15(18)19)16(20)12-7-9-13(17)10-8-12/h3-11H,2H2,1H3/b14-5-. The second kappa shape index (κ2) is 6.35. The summed E-state index contributed by atoms with van der Waals surface area (Å²) in [6.45, 7) is 1.92. The highest BCUT2D eigenvalue weighted by molar-refractivity contribution is 6.31. The minimum atomic E-state index is -0.227. The van der Waals surface area contributed by atoms with Crippen LogP contribution in [0.5, 0.6) is 0 Å². The molecule has 0 fully saturated rings. The molecule has 0 bridgehead atoms. The Balaban J connectivity index is 2.47. The van der Waals surface area contributed by atoms with Crippen molar-refractivity contribution in [1.82, 2.24) is 4.57 Å². The van der Waals surface area contributed by atoms with E-state index in [1.807, 2.05) is 6.92 Å². The fraction of sp³-hybridized carbons (Fsp3) is 0.125. The smallest absolute Gasteiger partial charge is 0.255 e. The van der Waals surface area contributed by atoms with Gasteiger partial charge in [0.25, 0.3) is 5.56 Å². The maximum Gasteiger partial charge on any atom is 0.255 e. The quantitative estimate of drug-likeness (QED) is 0.636. The van der Waals surface area contributed by atoms with Crippen LogP contribution in [0.25, 0.3) is 5.70 Å². The van der Waals surface area contributed by atoms with E-state index in [2.05, 4.69) is 0 Å². The van der Waals surface area contributed by atoms with Gasteiger partial charge in [-0.3, -0.25) is 14.2 Å². The van der Waals surface area contributed by atoms with Crippen molar-refractivity contribution in [1.29, 1.82) is 0 Å². The maximum absolute atomic E-state index is 12.5. The van der Waals surface area contributed by atoms with Crippen molar-refractivity contribution in [3.63, 3.8) is 0 Å². The Bertz CT molecular complexity index is 699. The molecule has 0 saturated heterocycles. The Morgan fingerprint density at radius 3 is 2.50 bits per heavy atom. The lowest BCUT2D eigenvalue weighted by Gasteiger charge is -2.09. The highest BCUT2D eigenvalue weighted by Crippen LogP contribution is 2.15. The molecule has 0 saturated carbocycles. The summed E-state index contributed by atoms with van der Waals surface area (Å²) in [5, 5.41) is 0.569. The third-order valence-electron chi connectivity index (χ3n) is 2.82. The Kier molecular flexibility index (Phi) is 4.53. The van der Waals surface area contributed by atoms with Gasteiger partial charge in [-0.25, -0.2) is 0 Å². The van der Waals surface area contributed by atoms with E-state index in [9.17, 15) is 9.59 Å². The molecule has 0 aliphatic carbocycles. The van der Waals surface area contributed by atoms with Crippen molar-refractivity contribution in [2.75, 3.05) is 0 Å². The van der Waals surface area contributed by atoms with Gasteiger partial charge in [-0.1, -0.05) is 30.7 Å². The summed E-state index contributed by atoms with van der Waals surface area (Å²) in [5.74, 6) is -0.197. The first-order valence-corrected chi connectivity index (χ1v) is 6.69. The second-order valence-corrected chi connectivity index (χ2v) is 4.68. The predicted molar refractivity (Wildman–Crippen MR) is 81.0 cm³/mol. The molecule has 1 aromatic heterocycles. The molecule has 0 aliphatic heterocycles. The summed E-state index contributed by atoms with van der Waals surface area (Å²) in [6.07, 6.45) is 4.01. The second-order valence-electron chi connectivity index (χ2n) is 4.24. The van der Waals surface area contributed by atoms with Gasteiger partial charge in [0.15, 0.2) is 0 Å². The van der Waals surface area contributed by atoms with E-state index in [-0.39, 0.29) is 11.3 Å². The molecule has 0 radical (unpaired) electrons. The molecular weight excluding hydrogens is 274 g/mol. The van der Waals surface area contributed by atoms with E-state index in [1.165, 1.54) is 10.6 Å². The number of hydrogen-bond acceptors (Lipinski definition) is 2. The molecule has 1 heterocycles. The van der Waals surface area contributed by atoms with Crippen molar-refractivity contribution in [2.24, 2.45) is 0 Å². The minimum absolute atomic E-state index is 0.197. The van der Waals surface area contributed by atoms with E-state index in [0.717, 1.165) is 0 Å². The number of Topliss-reactive ketones (excluding diaryl/α,β-unsaturated/α-hetero) is 1. The van der Waals surface area contributed by atoms with Gasteiger partial charge in [0.1, 0.15) is 0 Å². The highest BCUT2D eigenvalue weighted by atomic mass is 35.5. The van der Waals surface area contributed by atoms with Crippen molar-refractivity contribution in [2.45, 2.75) is 13.3 Å².